The van der Waals surface area contributed by atoms with Gasteiger partial charge in [0.25, 0.3) is 0 Å². The largest absolute Gasteiger partial charge is 0.456 e. The number of aromatic nitrogens is 4. The molecule has 5 nitrogen and oxygen atoms in total. The highest BCUT2D eigenvalue weighted by Gasteiger charge is 2.38. The molecule has 0 saturated heterocycles. The van der Waals surface area contributed by atoms with Crippen molar-refractivity contribution in [3.05, 3.63) is 193 Å². The molecule has 0 atom stereocenters. The van der Waals surface area contributed by atoms with Crippen molar-refractivity contribution in [2.75, 3.05) is 0 Å². The van der Waals surface area contributed by atoms with E-state index in [-0.39, 0.29) is 5.41 Å². The van der Waals surface area contributed by atoms with Gasteiger partial charge in [0.1, 0.15) is 11.2 Å². The zero-order valence-electron chi connectivity index (χ0n) is 32.5. The Morgan fingerprint density at radius 1 is 0.424 bits per heavy atom. The highest BCUT2D eigenvalue weighted by molar-refractivity contribution is 6.13. The normalized spacial score (nSPS) is 13.1. The van der Waals surface area contributed by atoms with E-state index in [0.29, 0.717) is 17.5 Å². The number of hydrogen-bond donors (Lipinski definition) is 0. The van der Waals surface area contributed by atoms with Crippen molar-refractivity contribution in [1.29, 1.82) is 0 Å². The zero-order valence-corrected chi connectivity index (χ0v) is 32.5. The molecule has 0 saturated carbocycles. The predicted molar refractivity (Wildman–Crippen MR) is 241 cm³/mol. The molecule has 0 bridgehead atoms. The fraction of sp³-hybridized carbons (Fsp3) is 0.0556. The lowest BCUT2D eigenvalue weighted by molar-refractivity contribution is 0.664. The molecule has 3 heterocycles. The van der Waals surface area contributed by atoms with E-state index in [9.17, 15) is 0 Å². The Kier molecular flexibility index (Phi) is 7.20. The van der Waals surface area contributed by atoms with Crippen LogP contribution in [0.4, 0.5) is 0 Å². The van der Waals surface area contributed by atoms with E-state index in [1.54, 1.807) is 0 Å². The van der Waals surface area contributed by atoms with E-state index in [2.05, 4.69) is 170 Å². The highest BCUT2D eigenvalue weighted by Crippen LogP contribution is 2.53. The average Bonchev–Trinajstić information content (AvgIpc) is 3.91. The molecule has 0 unspecified atom stereocenters. The maximum Gasteiger partial charge on any atom is 0.164 e. The van der Waals surface area contributed by atoms with E-state index < -0.39 is 0 Å². The van der Waals surface area contributed by atoms with Gasteiger partial charge in [0.15, 0.2) is 17.5 Å². The summed E-state index contributed by atoms with van der Waals surface area (Å²) < 4.78 is 8.75. The van der Waals surface area contributed by atoms with Crippen molar-refractivity contribution in [3.8, 4) is 62.1 Å². The molecule has 3 aromatic heterocycles. The molecule has 11 aromatic rings. The number of nitrogens with zero attached hydrogens (tertiary/aromatic N) is 4. The lowest BCUT2D eigenvalue weighted by Gasteiger charge is -2.23. The van der Waals surface area contributed by atoms with Crippen LogP contribution < -0.4 is 0 Å². The smallest absolute Gasteiger partial charge is 0.164 e. The van der Waals surface area contributed by atoms with Crippen molar-refractivity contribution < 1.29 is 4.42 Å². The minimum absolute atomic E-state index is 0.168. The second-order valence-electron chi connectivity index (χ2n) is 16.0. The summed E-state index contributed by atoms with van der Waals surface area (Å²) in [5.41, 5.74) is 15.3. The Bertz CT molecular complexity index is 3470. The lowest BCUT2D eigenvalue weighted by Crippen LogP contribution is -2.16. The quantitative estimate of drug-likeness (QED) is 0.175. The third-order valence-corrected chi connectivity index (χ3v) is 12.2. The minimum Gasteiger partial charge on any atom is -0.456 e. The Balaban J connectivity index is 1.02. The van der Waals surface area contributed by atoms with Crippen molar-refractivity contribution in [3.63, 3.8) is 0 Å². The van der Waals surface area contributed by atoms with Crippen LogP contribution >= 0.6 is 0 Å². The highest BCUT2D eigenvalue weighted by atomic mass is 16.3. The summed E-state index contributed by atoms with van der Waals surface area (Å²) in [5.74, 6) is 1.80. The summed E-state index contributed by atoms with van der Waals surface area (Å²) in [7, 11) is 0. The maximum atomic E-state index is 6.30. The molecule has 5 heteroatoms. The Labute approximate surface area is 340 Å². The van der Waals surface area contributed by atoms with Crippen LogP contribution in [0.15, 0.2) is 186 Å². The first kappa shape index (κ1) is 33.5. The number of hydrogen-bond acceptors (Lipinski definition) is 4. The van der Waals surface area contributed by atoms with Gasteiger partial charge in [-0.2, -0.15) is 0 Å². The fourth-order valence-corrected chi connectivity index (χ4v) is 9.44. The van der Waals surface area contributed by atoms with E-state index in [4.69, 9.17) is 19.4 Å². The van der Waals surface area contributed by atoms with Crippen molar-refractivity contribution >= 4 is 43.7 Å². The van der Waals surface area contributed by atoms with E-state index in [0.717, 1.165) is 55.4 Å². The Morgan fingerprint density at radius 2 is 1.03 bits per heavy atom. The van der Waals surface area contributed by atoms with Gasteiger partial charge in [-0.25, -0.2) is 15.0 Å². The summed E-state index contributed by atoms with van der Waals surface area (Å²) in [4.78, 5) is 15.4. The molecule has 0 amide bonds. The molecular weight excluding hydrogens is 721 g/mol. The standard InChI is InChI=1S/C54H36N4O/c1-54(2)45-20-9-6-17-39(45)43-29-30-44-40-18-7-10-21-46(40)58(50(44)49(43)54)38-26-23-34(24-27-38)51-55-52(36-16-12-15-35(31-36)33-13-4-3-5-14-33)57-53(56-51)37-25-28-42-41-19-8-11-22-47(41)59-48(42)32-37/h3-32H,1-2H3. The molecule has 0 aliphatic heterocycles. The van der Waals surface area contributed by atoms with Crippen LogP contribution in [0, 0.1) is 0 Å². The second kappa shape index (κ2) is 12.7. The predicted octanol–water partition coefficient (Wildman–Crippen LogP) is 13.8. The summed E-state index contributed by atoms with van der Waals surface area (Å²) in [6.07, 6.45) is 0. The molecule has 0 radical (unpaired) electrons. The third kappa shape index (κ3) is 5.14. The molecule has 8 aromatic carbocycles. The first-order valence-corrected chi connectivity index (χ1v) is 20.1. The van der Waals surface area contributed by atoms with Crippen LogP contribution in [-0.4, -0.2) is 19.5 Å². The van der Waals surface area contributed by atoms with Crippen LogP contribution in [0.3, 0.4) is 0 Å². The number of furan rings is 1. The van der Waals surface area contributed by atoms with Gasteiger partial charge in [-0.05, 0) is 88.0 Å². The van der Waals surface area contributed by atoms with Gasteiger partial charge in [-0.15, -0.1) is 0 Å². The topological polar surface area (TPSA) is 56.7 Å². The molecule has 0 fully saturated rings. The number of para-hydroxylation sites is 2. The summed E-state index contributed by atoms with van der Waals surface area (Å²) in [6, 6.07) is 64.1. The Hall–Kier alpha value is -7.63. The SMILES string of the molecule is CC1(C)c2ccccc2-c2ccc3c4ccccc4n(-c4ccc(-c5nc(-c6cccc(-c7ccccc7)c6)nc(-c6ccc7c(c6)oc6ccccc67)n5)cc4)c3c21. The van der Waals surface area contributed by atoms with Crippen LogP contribution in [0.25, 0.3) is 106 Å². The molecule has 1 aliphatic rings. The number of fused-ring (bicyclic) bond motifs is 10. The van der Waals surface area contributed by atoms with Crippen LogP contribution in [0.5, 0.6) is 0 Å². The molecule has 1 aliphatic carbocycles. The zero-order chi connectivity index (χ0) is 39.2. The van der Waals surface area contributed by atoms with E-state index in [1.165, 1.54) is 44.1 Å². The van der Waals surface area contributed by atoms with Crippen molar-refractivity contribution in [2.24, 2.45) is 0 Å². The van der Waals surface area contributed by atoms with Crippen molar-refractivity contribution in [2.45, 2.75) is 19.3 Å². The maximum absolute atomic E-state index is 6.30. The van der Waals surface area contributed by atoms with Gasteiger partial charge in [0.2, 0.25) is 0 Å². The summed E-state index contributed by atoms with van der Waals surface area (Å²) in [5, 5.41) is 4.65. The molecule has 59 heavy (non-hydrogen) atoms. The lowest BCUT2D eigenvalue weighted by atomic mass is 9.81. The first-order valence-electron chi connectivity index (χ1n) is 20.1. The fourth-order valence-electron chi connectivity index (χ4n) is 9.44. The van der Waals surface area contributed by atoms with Crippen LogP contribution in [0.1, 0.15) is 25.0 Å². The Morgan fingerprint density at radius 3 is 1.86 bits per heavy atom. The van der Waals surface area contributed by atoms with Gasteiger partial charge in [0, 0.05) is 49.3 Å². The monoisotopic (exact) mass is 756 g/mol. The minimum atomic E-state index is -0.168. The molecule has 278 valence electrons. The first-order chi connectivity index (χ1) is 29.0. The number of rotatable bonds is 5. The van der Waals surface area contributed by atoms with Crippen LogP contribution in [-0.2, 0) is 5.41 Å². The van der Waals surface area contributed by atoms with Crippen LogP contribution in [0.2, 0.25) is 0 Å². The van der Waals surface area contributed by atoms with Crippen molar-refractivity contribution in [1.82, 2.24) is 19.5 Å². The molecule has 0 spiro atoms. The number of benzene rings is 8. The third-order valence-electron chi connectivity index (χ3n) is 12.2. The van der Waals surface area contributed by atoms with Gasteiger partial charge >= 0.3 is 0 Å². The van der Waals surface area contributed by atoms with Gasteiger partial charge < -0.3 is 8.98 Å². The second-order valence-corrected chi connectivity index (χ2v) is 16.0. The van der Waals surface area contributed by atoms with E-state index in [1.807, 2.05) is 30.3 Å². The van der Waals surface area contributed by atoms with Gasteiger partial charge in [-0.3, -0.25) is 0 Å². The molecule has 12 rings (SSSR count). The summed E-state index contributed by atoms with van der Waals surface area (Å²) in [6.45, 7) is 4.72. The van der Waals surface area contributed by atoms with E-state index >= 15 is 0 Å². The van der Waals surface area contributed by atoms with Gasteiger partial charge in [-0.1, -0.05) is 141 Å². The molecule has 0 N–H and O–H groups in total. The molecular formula is C54H36N4O. The average molecular weight is 757 g/mol. The van der Waals surface area contributed by atoms with Gasteiger partial charge in [0.05, 0.1) is 11.0 Å². The summed E-state index contributed by atoms with van der Waals surface area (Å²) >= 11 is 0.